The van der Waals surface area contributed by atoms with Crippen LogP contribution in [0.4, 0.5) is 4.79 Å². The summed E-state index contributed by atoms with van der Waals surface area (Å²) in [6.45, 7) is 8.09. The Bertz CT molecular complexity index is 995. The Hall–Kier alpha value is -2.48. The lowest BCUT2D eigenvalue weighted by Gasteiger charge is -2.59. The van der Waals surface area contributed by atoms with E-state index in [9.17, 15) is 24.3 Å². The number of carbonyl (C=O) groups is 4. The minimum atomic E-state index is -1.57. The molecule has 0 amide bonds. The van der Waals surface area contributed by atoms with Gasteiger partial charge in [-0.15, -0.1) is 0 Å². The van der Waals surface area contributed by atoms with Gasteiger partial charge < -0.3 is 19.3 Å². The molecule has 0 spiro atoms. The summed E-state index contributed by atoms with van der Waals surface area (Å²) in [5.41, 5.74) is -1.84. The first-order valence-corrected chi connectivity index (χ1v) is 12.5. The number of allylic oxidation sites excluding steroid dienone is 4. The highest BCUT2D eigenvalue weighted by Gasteiger charge is 2.70. The number of rotatable bonds is 5. The molecule has 8 heteroatoms. The van der Waals surface area contributed by atoms with Crippen molar-refractivity contribution in [1.82, 2.24) is 0 Å². The Morgan fingerprint density at radius 1 is 1.20 bits per heavy atom. The van der Waals surface area contributed by atoms with Crippen molar-refractivity contribution in [1.29, 1.82) is 0 Å². The van der Waals surface area contributed by atoms with Gasteiger partial charge in [-0.05, 0) is 69.9 Å². The van der Waals surface area contributed by atoms with Crippen LogP contribution in [-0.2, 0) is 28.6 Å². The van der Waals surface area contributed by atoms with Crippen LogP contribution < -0.4 is 0 Å². The molecule has 0 radical (unpaired) electrons. The quantitative estimate of drug-likeness (QED) is 0.583. The summed E-state index contributed by atoms with van der Waals surface area (Å²) in [7, 11) is 0. The maximum absolute atomic E-state index is 13.6. The highest BCUT2D eigenvalue weighted by Crippen LogP contribution is 2.68. The van der Waals surface area contributed by atoms with E-state index in [1.54, 1.807) is 26.0 Å². The molecule has 4 aliphatic carbocycles. The van der Waals surface area contributed by atoms with Crippen LogP contribution in [0.15, 0.2) is 23.8 Å². The normalized spacial score (nSPS) is 39.7. The lowest BCUT2D eigenvalue weighted by molar-refractivity contribution is -0.186. The van der Waals surface area contributed by atoms with Gasteiger partial charge in [0.1, 0.15) is 0 Å². The van der Waals surface area contributed by atoms with E-state index < -0.39 is 53.2 Å². The Kier molecular flexibility index (Phi) is 6.49. The first-order valence-electron chi connectivity index (χ1n) is 12.5. The summed E-state index contributed by atoms with van der Waals surface area (Å²) in [6, 6.07) is 0. The topological polar surface area (TPSA) is 116 Å². The largest absolute Gasteiger partial charge is 0.509 e. The van der Waals surface area contributed by atoms with E-state index in [1.165, 1.54) is 6.92 Å². The van der Waals surface area contributed by atoms with E-state index in [0.717, 1.165) is 18.4 Å². The van der Waals surface area contributed by atoms with Crippen LogP contribution in [0.5, 0.6) is 0 Å². The fourth-order valence-electron chi connectivity index (χ4n) is 7.64. The third-order valence-corrected chi connectivity index (χ3v) is 9.06. The van der Waals surface area contributed by atoms with Gasteiger partial charge in [0.2, 0.25) is 5.78 Å². The summed E-state index contributed by atoms with van der Waals surface area (Å²) < 4.78 is 16.1. The van der Waals surface area contributed by atoms with Crippen LogP contribution in [0.3, 0.4) is 0 Å². The molecule has 0 aromatic heterocycles. The number of carbonyl (C=O) groups excluding carboxylic acids is 4. The molecule has 0 aromatic carbocycles. The summed E-state index contributed by atoms with van der Waals surface area (Å²) in [6.07, 6.45) is 5.70. The van der Waals surface area contributed by atoms with Gasteiger partial charge in [-0.2, -0.15) is 0 Å². The van der Waals surface area contributed by atoms with E-state index in [1.807, 2.05) is 13.0 Å². The number of ketones is 2. The third-order valence-electron chi connectivity index (χ3n) is 9.06. The van der Waals surface area contributed by atoms with Crippen molar-refractivity contribution < 1.29 is 38.5 Å². The maximum Gasteiger partial charge on any atom is 0.509 e. The molecule has 0 saturated heterocycles. The molecule has 1 unspecified atom stereocenters. The van der Waals surface area contributed by atoms with Crippen LogP contribution in [0.2, 0.25) is 0 Å². The van der Waals surface area contributed by atoms with Crippen molar-refractivity contribution >= 4 is 23.7 Å². The van der Waals surface area contributed by atoms with Gasteiger partial charge >= 0.3 is 12.1 Å². The van der Waals surface area contributed by atoms with Crippen LogP contribution in [0, 0.1) is 28.6 Å². The van der Waals surface area contributed by atoms with Crippen molar-refractivity contribution in [2.45, 2.75) is 84.5 Å². The molecule has 0 aromatic rings. The zero-order valence-corrected chi connectivity index (χ0v) is 21.2. The zero-order valence-electron chi connectivity index (χ0n) is 21.2. The van der Waals surface area contributed by atoms with Gasteiger partial charge in [0.05, 0.1) is 12.2 Å². The smallest absolute Gasteiger partial charge is 0.458 e. The van der Waals surface area contributed by atoms with Gasteiger partial charge in [-0.3, -0.25) is 14.4 Å². The van der Waals surface area contributed by atoms with Gasteiger partial charge in [-0.1, -0.05) is 25.5 Å². The first kappa shape index (κ1) is 25.6. The van der Waals surface area contributed by atoms with E-state index in [0.29, 0.717) is 6.42 Å². The van der Waals surface area contributed by atoms with Gasteiger partial charge in [0.25, 0.3) is 0 Å². The van der Waals surface area contributed by atoms with Crippen LogP contribution in [-0.4, -0.2) is 53.2 Å². The van der Waals surface area contributed by atoms with Crippen molar-refractivity contribution in [2.75, 3.05) is 6.61 Å². The monoisotopic (exact) mass is 488 g/mol. The number of ether oxygens (including phenoxy) is 3. The molecule has 8 nitrogen and oxygen atoms in total. The zero-order chi connectivity index (χ0) is 25.8. The summed E-state index contributed by atoms with van der Waals surface area (Å²) in [4.78, 5) is 49.8. The average molecular weight is 489 g/mol. The summed E-state index contributed by atoms with van der Waals surface area (Å²) in [5, 5.41) is 11.6. The second-order valence-corrected chi connectivity index (χ2v) is 11.3. The lowest BCUT2D eigenvalue weighted by atomic mass is 9.46. The summed E-state index contributed by atoms with van der Waals surface area (Å²) >= 11 is 0. The number of hydrogen-bond acceptors (Lipinski definition) is 8. The van der Waals surface area contributed by atoms with Crippen molar-refractivity contribution in [3.05, 3.63) is 23.8 Å². The van der Waals surface area contributed by atoms with Crippen molar-refractivity contribution in [3.63, 3.8) is 0 Å². The minimum Gasteiger partial charge on any atom is -0.458 e. The minimum absolute atomic E-state index is 0.00608. The third kappa shape index (κ3) is 4.03. The molecule has 35 heavy (non-hydrogen) atoms. The number of Topliss-reactive ketones (excluding diaryl/α,β-unsaturated/α-hetero) is 1. The van der Waals surface area contributed by atoms with Crippen LogP contribution in [0.25, 0.3) is 0 Å². The molecule has 0 heterocycles. The van der Waals surface area contributed by atoms with Crippen LogP contribution in [0.1, 0.15) is 66.7 Å². The van der Waals surface area contributed by atoms with Crippen LogP contribution >= 0.6 is 0 Å². The molecule has 4 rings (SSSR count). The lowest BCUT2D eigenvalue weighted by Crippen LogP contribution is -2.63. The number of hydrogen-bond donors (Lipinski definition) is 1. The number of aliphatic hydroxyl groups excluding tert-OH is 1. The highest BCUT2D eigenvalue weighted by molar-refractivity contribution is 6.01. The molecule has 3 saturated carbocycles. The fraction of sp³-hybridized carbons (Fsp3) is 0.704. The molecular weight excluding hydrogens is 452 g/mol. The fourth-order valence-corrected chi connectivity index (χ4v) is 7.64. The maximum atomic E-state index is 13.6. The van der Waals surface area contributed by atoms with E-state index in [-0.39, 0.29) is 36.4 Å². The number of aliphatic hydroxyl groups is 1. The Morgan fingerprint density at radius 3 is 2.57 bits per heavy atom. The standard InChI is InChI=1S/C27H36O8/c1-15(2)34-24(32)35-27(22(31)14-33-16(3)28)11-9-20-19-7-6-17-12-18(29)8-10-25(17,4)23(19)21(30)13-26(20,27)5/h8,10,12,15,19-21,23,30H,6-7,9,11,13-14H2,1-5H3/t19-,20-,21-,23+,25-,26-,27?/m0/s1. The first-order chi connectivity index (χ1) is 16.3. The Balaban J connectivity index is 1.72. The predicted molar refractivity (Wildman–Crippen MR) is 125 cm³/mol. The number of esters is 1. The molecule has 7 atom stereocenters. The van der Waals surface area contributed by atoms with E-state index >= 15 is 0 Å². The molecule has 0 bridgehead atoms. The molecular formula is C27H36O8. The van der Waals surface area contributed by atoms with E-state index in [2.05, 4.69) is 6.92 Å². The average Bonchev–Trinajstić information content (AvgIpc) is 3.04. The van der Waals surface area contributed by atoms with E-state index in [4.69, 9.17) is 14.2 Å². The second kappa shape index (κ2) is 8.87. The Labute approximate surface area is 206 Å². The number of fused-ring (bicyclic) bond motifs is 5. The molecule has 1 N–H and O–H groups in total. The van der Waals surface area contributed by atoms with Gasteiger partial charge in [0, 0.05) is 23.7 Å². The van der Waals surface area contributed by atoms with Crippen molar-refractivity contribution in [2.24, 2.45) is 28.6 Å². The van der Waals surface area contributed by atoms with Gasteiger partial charge in [0.15, 0.2) is 18.0 Å². The Morgan fingerprint density at radius 2 is 1.91 bits per heavy atom. The van der Waals surface area contributed by atoms with Crippen molar-refractivity contribution in [3.8, 4) is 0 Å². The predicted octanol–water partition coefficient (Wildman–Crippen LogP) is 3.70. The van der Waals surface area contributed by atoms with Gasteiger partial charge in [-0.25, -0.2) is 4.79 Å². The molecule has 3 fully saturated rings. The second-order valence-electron chi connectivity index (χ2n) is 11.3. The molecule has 192 valence electrons. The highest BCUT2D eigenvalue weighted by atomic mass is 16.7. The molecule has 0 aliphatic heterocycles. The molecule has 4 aliphatic rings. The SMILES string of the molecule is CC(=O)OCC(=O)C1(OC(=O)OC(C)C)CC[C@H]2[C@@H]3CCC4=CC(=O)C=C[C@]4(C)[C@H]3[C@@H](O)C[C@@]21C. The summed E-state index contributed by atoms with van der Waals surface area (Å²) in [5.74, 6) is -1.18.